The number of alkyl halides is 1. The highest BCUT2D eigenvalue weighted by Crippen LogP contribution is 2.33. The Morgan fingerprint density at radius 3 is 3.06 bits per heavy atom. The van der Waals surface area contributed by atoms with Gasteiger partial charge in [-0.3, -0.25) is 9.78 Å². The summed E-state index contributed by atoms with van der Waals surface area (Å²) in [6.45, 7) is 2.25. The van der Waals surface area contributed by atoms with Crippen LogP contribution in [0.2, 0.25) is 0 Å². The van der Waals surface area contributed by atoms with Crippen molar-refractivity contribution >= 4 is 21.8 Å². The Kier molecular flexibility index (Phi) is 4.38. The molecule has 1 aromatic heterocycles. The number of halogens is 1. The van der Waals surface area contributed by atoms with Gasteiger partial charge in [-0.2, -0.15) is 0 Å². The van der Waals surface area contributed by atoms with Crippen LogP contribution in [0, 0.1) is 5.92 Å². The van der Waals surface area contributed by atoms with Crippen LogP contribution in [0.3, 0.4) is 0 Å². The molecule has 18 heavy (non-hydrogen) atoms. The maximum Gasteiger partial charge on any atom is 0.270 e. The first kappa shape index (κ1) is 13.5. The molecule has 3 nitrogen and oxygen atoms in total. The van der Waals surface area contributed by atoms with Gasteiger partial charge in [-0.25, -0.2) is 0 Å². The molecule has 0 aromatic carbocycles. The van der Waals surface area contributed by atoms with Crippen molar-refractivity contribution in [3.8, 4) is 0 Å². The molecule has 1 aromatic rings. The number of nitrogens with one attached hydrogen (secondary N) is 1. The third kappa shape index (κ3) is 3.10. The zero-order valence-electron chi connectivity index (χ0n) is 10.7. The minimum atomic E-state index is -0.105. The molecule has 1 aliphatic carbocycles. The first-order valence-corrected chi connectivity index (χ1v) is 7.57. The molecule has 0 saturated heterocycles. The quantitative estimate of drug-likeness (QED) is 0.871. The van der Waals surface area contributed by atoms with Gasteiger partial charge in [0.05, 0.1) is 5.54 Å². The minimum Gasteiger partial charge on any atom is -0.344 e. The Bertz CT molecular complexity index is 410. The molecule has 1 amide bonds. The maximum absolute atomic E-state index is 12.2. The fourth-order valence-electron chi connectivity index (χ4n) is 2.73. The molecule has 2 unspecified atom stereocenters. The van der Waals surface area contributed by atoms with Crippen molar-refractivity contribution < 1.29 is 4.79 Å². The van der Waals surface area contributed by atoms with Crippen molar-refractivity contribution in [1.82, 2.24) is 10.3 Å². The predicted octanol–water partition coefficient (Wildman–Crippen LogP) is 3.16. The van der Waals surface area contributed by atoms with Gasteiger partial charge >= 0.3 is 0 Å². The van der Waals surface area contributed by atoms with E-state index in [0.29, 0.717) is 11.6 Å². The molecule has 4 heteroatoms. The second-order valence-corrected chi connectivity index (χ2v) is 5.85. The van der Waals surface area contributed by atoms with Gasteiger partial charge in [0.15, 0.2) is 0 Å². The third-order valence-electron chi connectivity index (χ3n) is 3.62. The number of nitrogens with zero attached hydrogens (tertiary/aromatic N) is 1. The van der Waals surface area contributed by atoms with E-state index in [4.69, 9.17) is 0 Å². The van der Waals surface area contributed by atoms with E-state index < -0.39 is 0 Å². The average Bonchev–Trinajstić information content (AvgIpc) is 2.39. The van der Waals surface area contributed by atoms with Crippen LogP contribution in [0.1, 0.15) is 43.1 Å². The summed E-state index contributed by atoms with van der Waals surface area (Å²) in [6, 6.07) is 5.41. The van der Waals surface area contributed by atoms with E-state index in [1.165, 1.54) is 12.8 Å². The molecule has 0 bridgehead atoms. The van der Waals surface area contributed by atoms with Crippen molar-refractivity contribution in [2.24, 2.45) is 5.92 Å². The summed E-state index contributed by atoms with van der Waals surface area (Å²) in [5.74, 6) is 0.601. The van der Waals surface area contributed by atoms with E-state index in [0.717, 1.165) is 18.2 Å². The molecule has 1 saturated carbocycles. The largest absolute Gasteiger partial charge is 0.344 e. The van der Waals surface area contributed by atoms with E-state index in [1.54, 1.807) is 12.3 Å². The average molecular weight is 311 g/mol. The van der Waals surface area contributed by atoms with Crippen LogP contribution in [0.15, 0.2) is 24.4 Å². The van der Waals surface area contributed by atoms with Crippen LogP contribution >= 0.6 is 15.9 Å². The number of rotatable bonds is 3. The van der Waals surface area contributed by atoms with Gasteiger partial charge in [-0.05, 0) is 30.9 Å². The van der Waals surface area contributed by atoms with Crippen LogP contribution in [0.25, 0.3) is 0 Å². The Hall–Kier alpha value is -0.900. The number of hydrogen-bond donors (Lipinski definition) is 1. The van der Waals surface area contributed by atoms with Gasteiger partial charge < -0.3 is 5.32 Å². The number of hydrogen-bond acceptors (Lipinski definition) is 2. The third-order valence-corrected chi connectivity index (χ3v) is 4.70. The van der Waals surface area contributed by atoms with Crippen LogP contribution in [0.5, 0.6) is 0 Å². The lowest BCUT2D eigenvalue weighted by molar-refractivity contribution is 0.0864. The minimum absolute atomic E-state index is 0.0656. The van der Waals surface area contributed by atoms with E-state index in [9.17, 15) is 4.79 Å². The fraction of sp³-hybridized carbons (Fsp3) is 0.571. The van der Waals surface area contributed by atoms with Crippen LogP contribution in [-0.4, -0.2) is 21.8 Å². The summed E-state index contributed by atoms with van der Waals surface area (Å²) >= 11 is 3.56. The highest BCUT2D eigenvalue weighted by Gasteiger charge is 2.35. The molecule has 2 atom stereocenters. The zero-order valence-corrected chi connectivity index (χ0v) is 12.2. The smallest absolute Gasteiger partial charge is 0.270 e. The first-order valence-electron chi connectivity index (χ1n) is 6.45. The molecular formula is C14H19BrN2O. The van der Waals surface area contributed by atoms with Gasteiger partial charge in [-0.15, -0.1) is 0 Å². The highest BCUT2D eigenvalue weighted by molar-refractivity contribution is 9.09. The molecule has 0 aliphatic heterocycles. The SMILES string of the molecule is CC1CCCC(CBr)(NC(=O)c2ccccn2)C1. The number of amides is 1. The number of carbonyl (C=O) groups excluding carboxylic acids is 1. The molecule has 1 heterocycles. The first-order chi connectivity index (χ1) is 8.65. The predicted molar refractivity (Wildman–Crippen MR) is 75.9 cm³/mol. The Morgan fingerprint density at radius 1 is 1.61 bits per heavy atom. The highest BCUT2D eigenvalue weighted by atomic mass is 79.9. The number of aromatic nitrogens is 1. The van der Waals surface area contributed by atoms with Crippen LogP contribution in [-0.2, 0) is 0 Å². The van der Waals surface area contributed by atoms with E-state index in [-0.39, 0.29) is 11.4 Å². The fourth-order valence-corrected chi connectivity index (χ4v) is 3.38. The summed E-state index contributed by atoms with van der Waals surface area (Å²) in [7, 11) is 0. The Morgan fingerprint density at radius 2 is 2.44 bits per heavy atom. The molecule has 2 rings (SSSR count). The van der Waals surface area contributed by atoms with Crippen molar-refractivity contribution in [3.63, 3.8) is 0 Å². The van der Waals surface area contributed by atoms with Gasteiger partial charge in [0.25, 0.3) is 5.91 Å². The number of pyridine rings is 1. The molecule has 0 spiro atoms. The molecular weight excluding hydrogens is 292 g/mol. The van der Waals surface area contributed by atoms with E-state index >= 15 is 0 Å². The summed E-state index contributed by atoms with van der Waals surface area (Å²) in [5.41, 5.74) is 0.391. The van der Waals surface area contributed by atoms with Crippen molar-refractivity contribution in [2.75, 3.05) is 5.33 Å². The lowest BCUT2D eigenvalue weighted by Gasteiger charge is -2.39. The molecule has 1 aliphatic rings. The lowest BCUT2D eigenvalue weighted by atomic mass is 9.77. The van der Waals surface area contributed by atoms with Gasteiger partial charge in [0, 0.05) is 11.5 Å². The lowest BCUT2D eigenvalue weighted by Crippen LogP contribution is -2.52. The normalized spacial score (nSPS) is 27.8. The Balaban J connectivity index is 2.08. The summed E-state index contributed by atoms with van der Waals surface area (Å²) in [4.78, 5) is 16.3. The van der Waals surface area contributed by atoms with Crippen LogP contribution < -0.4 is 5.32 Å². The molecule has 1 fully saturated rings. The van der Waals surface area contributed by atoms with Crippen molar-refractivity contribution in [1.29, 1.82) is 0 Å². The second-order valence-electron chi connectivity index (χ2n) is 5.28. The summed E-state index contributed by atoms with van der Waals surface area (Å²) in [6.07, 6.45) is 6.17. The number of carbonyl (C=O) groups is 1. The molecule has 98 valence electrons. The summed E-state index contributed by atoms with van der Waals surface area (Å²) < 4.78 is 0. The Labute approximate surface area is 117 Å². The van der Waals surface area contributed by atoms with Gasteiger partial charge in [0.2, 0.25) is 0 Å². The topological polar surface area (TPSA) is 42.0 Å². The zero-order chi connectivity index (χ0) is 13.0. The van der Waals surface area contributed by atoms with E-state index in [2.05, 4.69) is 33.2 Å². The second kappa shape index (κ2) is 5.83. The summed E-state index contributed by atoms with van der Waals surface area (Å²) in [5, 5.41) is 3.99. The van der Waals surface area contributed by atoms with Gasteiger partial charge in [0.1, 0.15) is 5.69 Å². The van der Waals surface area contributed by atoms with Crippen molar-refractivity contribution in [2.45, 2.75) is 38.1 Å². The monoisotopic (exact) mass is 310 g/mol. The van der Waals surface area contributed by atoms with Crippen LogP contribution in [0.4, 0.5) is 0 Å². The van der Waals surface area contributed by atoms with Crippen molar-refractivity contribution in [3.05, 3.63) is 30.1 Å². The molecule has 0 radical (unpaired) electrons. The maximum atomic E-state index is 12.2. The standard InChI is InChI=1S/C14H19BrN2O/c1-11-5-4-7-14(9-11,10-15)17-13(18)12-6-2-3-8-16-12/h2-3,6,8,11H,4-5,7,9-10H2,1H3,(H,17,18). The van der Waals surface area contributed by atoms with E-state index in [1.807, 2.05) is 12.1 Å². The molecule has 1 N–H and O–H groups in total. The van der Waals surface area contributed by atoms with Gasteiger partial charge in [-0.1, -0.05) is 41.8 Å².